The van der Waals surface area contributed by atoms with Crippen LogP contribution >= 0.6 is 28.1 Å². The molecule has 0 saturated carbocycles. The predicted octanol–water partition coefficient (Wildman–Crippen LogP) is 4.51. The Bertz CT molecular complexity index is 604. The van der Waals surface area contributed by atoms with Gasteiger partial charge in [0.1, 0.15) is 5.82 Å². The van der Waals surface area contributed by atoms with E-state index in [9.17, 15) is 4.39 Å². The maximum absolute atomic E-state index is 13.6. The van der Waals surface area contributed by atoms with Gasteiger partial charge in [-0.05, 0) is 48.8 Å². The molecule has 0 aliphatic rings. The molecule has 110 valence electrons. The van der Waals surface area contributed by atoms with Gasteiger partial charge < -0.3 is 10.6 Å². The first kappa shape index (κ1) is 15.9. The summed E-state index contributed by atoms with van der Waals surface area (Å²) in [6.07, 6.45) is 1.96. The van der Waals surface area contributed by atoms with Gasteiger partial charge in [-0.25, -0.2) is 4.39 Å². The molecule has 5 heteroatoms. The van der Waals surface area contributed by atoms with Crippen molar-refractivity contribution in [2.45, 2.75) is 12.8 Å². The molecule has 2 aromatic carbocycles. The van der Waals surface area contributed by atoms with Crippen LogP contribution in [-0.2, 0) is 6.42 Å². The number of rotatable bonds is 5. The quantitative estimate of drug-likeness (QED) is 0.601. The maximum Gasteiger partial charge on any atom is 0.170 e. The van der Waals surface area contributed by atoms with Gasteiger partial charge in [-0.15, -0.1) is 0 Å². The zero-order chi connectivity index (χ0) is 15.1. The fourth-order valence-corrected chi connectivity index (χ4v) is 2.44. The largest absolute Gasteiger partial charge is 0.362 e. The van der Waals surface area contributed by atoms with E-state index in [0.29, 0.717) is 15.3 Å². The lowest BCUT2D eigenvalue weighted by Crippen LogP contribution is -2.29. The van der Waals surface area contributed by atoms with E-state index in [2.05, 4.69) is 38.7 Å². The highest BCUT2D eigenvalue weighted by atomic mass is 79.9. The second-order valence-electron chi connectivity index (χ2n) is 4.59. The van der Waals surface area contributed by atoms with E-state index in [-0.39, 0.29) is 5.82 Å². The molecular formula is C16H16BrFN2S. The second-order valence-corrected chi connectivity index (χ2v) is 5.92. The second kappa shape index (κ2) is 8.10. The van der Waals surface area contributed by atoms with Crippen molar-refractivity contribution < 1.29 is 4.39 Å². The summed E-state index contributed by atoms with van der Waals surface area (Å²) in [5.74, 6) is -0.335. The molecule has 2 rings (SSSR count). The lowest BCUT2D eigenvalue weighted by Gasteiger charge is -2.11. The van der Waals surface area contributed by atoms with E-state index in [4.69, 9.17) is 12.2 Å². The molecule has 0 aliphatic carbocycles. The number of nitrogens with one attached hydrogen (secondary N) is 2. The number of hydrogen-bond donors (Lipinski definition) is 2. The average Bonchev–Trinajstić information content (AvgIpc) is 2.48. The molecule has 2 aromatic rings. The molecular weight excluding hydrogens is 351 g/mol. The van der Waals surface area contributed by atoms with Crippen molar-refractivity contribution in [3.8, 4) is 0 Å². The average molecular weight is 367 g/mol. The van der Waals surface area contributed by atoms with Crippen LogP contribution in [-0.4, -0.2) is 11.7 Å². The van der Waals surface area contributed by atoms with Gasteiger partial charge in [0.05, 0.1) is 5.69 Å². The van der Waals surface area contributed by atoms with Crippen LogP contribution in [0, 0.1) is 5.82 Å². The van der Waals surface area contributed by atoms with Gasteiger partial charge in [0.25, 0.3) is 0 Å². The molecule has 2 nitrogen and oxygen atoms in total. The summed E-state index contributed by atoms with van der Waals surface area (Å²) in [5.41, 5.74) is 1.68. The van der Waals surface area contributed by atoms with Crippen molar-refractivity contribution in [2.75, 3.05) is 11.9 Å². The zero-order valence-corrected chi connectivity index (χ0v) is 13.8. The Hall–Kier alpha value is -1.46. The van der Waals surface area contributed by atoms with E-state index in [1.165, 1.54) is 11.6 Å². The van der Waals surface area contributed by atoms with Crippen LogP contribution in [0.25, 0.3) is 0 Å². The molecule has 0 aliphatic heterocycles. The number of hydrogen-bond acceptors (Lipinski definition) is 1. The van der Waals surface area contributed by atoms with Gasteiger partial charge >= 0.3 is 0 Å². The normalized spacial score (nSPS) is 10.2. The molecule has 21 heavy (non-hydrogen) atoms. The summed E-state index contributed by atoms with van der Waals surface area (Å²) >= 11 is 8.38. The monoisotopic (exact) mass is 366 g/mol. The Kier molecular flexibility index (Phi) is 6.14. The van der Waals surface area contributed by atoms with Crippen LogP contribution in [0.4, 0.5) is 10.1 Å². The van der Waals surface area contributed by atoms with Crippen molar-refractivity contribution in [3.05, 3.63) is 64.4 Å². The number of benzene rings is 2. The first-order chi connectivity index (χ1) is 10.1. The first-order valence-corrected chi connectivity index (χ1v) is 7.89. The highest BCUT2D eigenvalue weighted by molar-refractivity contribution is 9.10. The van der Waals surface area contributed by atoms with Gasteiger partial charge in [0, 0.05) is 11.0 Å². The summed E-state index contributed by atoms with van der Waals surface area (Å²) < 4.78 is 14.3. The number of thiocarbonyl (C=S) groups is 1. The van der Waals surface area contributed by atoms with Crippen LogP contribution in [0.15, 0.2) is 53.0 Å². The molecule has 0 radical (unpaired) electrons. The molecule has 0 aromatic heterocycles. The fraction of sp³-hybridized carbons (Fsp3) is 0.188. The topological polar surface area (TPSA) is 24.1 Å². The van der Waals surface area contributed by atoms with E-state index >= 15 is 0 Å². The molecule has 0 atom stereocenters. The number of aryl methyl sites for hydroxylation is 1. The SMILES string of the molecule is Fc1cc(Br)ccc1NC(=S)NCCCc1ccccc1. The fourth-order valence-electron chi connectivity index (χ4n) is 1.90. The maximum atomic E-state index is 13.6. The van der Waals surface area contributed by atoms with Crippen molar-refractivity contribution >= 4 is 38.9 Å². The standard InChI is InChI=1S/C16H16BrFN2S/c17-13-8-9-15(14(18)11-13)20-16(21)19-10-4-7-12-5-2-1-3-6-12/h1-3,5-6,8-9,11H,4,7,10H2,(H2,19,20,21). The Balaban J connectivity index is 1.72. The van der Waals surface area contributed by atoms with Crippen LogP contribution in [0.5, 0.6) is 0 Å². The molecule has 0 heterocycles. The van der Waals surface area contributed by atoms with Crippen LogP contribution < -0.4 is 10.6 Å². The summed E-state index contributed by atoms with van der Waals surface area (Å²) in [7, 11) is 0. The van der Waals surface area contributed by atoms with E-state index < -0.39 is 0 Å². The van der Waals surface area contributed by atoms with E-state index in [1.54, 1.807) is 12.1 Å². The summed E-state index contributed by atoms with van der Waals surface area (Å²) in [6, 6.07) is 15.1. The van der Waals surface area contributed by atoms with Crippen molar-refractivity contribution in [3.63, 3.8) is 0 Å². The molecule has 2 N–H and O–H groups in total. The van der Waals surface area contributed by atoms with Gasteiger partial charge in [-0.3, -0.25) is 0 Å². The molecule has 0 spiro atoms. The summed E-state index contributed by atoms with van der Waals surface area (Å²) in [6.45, 7) is 0.749. The minimum absolute atomic E-state index is 0.335. The van der Waals surface area contributed by atoms with Crippen LogP contribution in [0.2, 0.25) is 0 Å². The van der Waals surface area contributed by atoms with Crippen molar-refractivity contribution in [1.29, 1.82) is 0 Å². The highest BCUT2D eigenvalue weighted by Crippen LogP contribution is 2.19. The summed E-state index contributed by atoms with van der Waals surface area (Å²) in [5, 5.41) is 6.38. The van der Waals surface area contributed by atoms with E-state index in [0.717, 1.165) is 19.4 Å². The lowest BCUT2D eigenvalue weighted by molar-refractivity contribution is 0.631. The first-order valence-electron chi connectivity index (χ1n) is 6.69. The minimum atomic E-state index is -0.335. The Morgan fingerprint density at radius 2 is 1.90 bits per heavy atom. The Labute approximate surface area is 137 Å². The molecule has 0 unspecified atom stereocenters. The van der Waals surface area contributed by atoms with Gasteiger partial charge in [0.2, 0.25) is 0 Å². The predicted molar refractivity (Wildman–Crippen MR) is 93.1 cm³/mol. The third kappa shape index (κ3) is 5.44. The van der Waals surface area contributed by atoms with Crippen LogP contribution in [0.1, 0.15) is 12.0 Å². The minimum Gasteiger partial charge on any atom is -0.362 e. The molecule has 0 amide bonds. The van der Waals surface area contributed by atoms with Crippen molar-refractivity contribution in [2.24, 2.45) is 0 Å². The smallest absolute Gasteiger partial charge is 0.170 e. The Morgan fingerprint density at radius 3 is 2.62 bits per heavy atom. The summed E-state index contributed by atoms with van der Waals surface area (Å²) in [4.78, 5) is 0. The third-order valence-corrected chi connectivity index (χ3v) is 3.69. The number of anilines is 1. The van der Waals surface area contributed by atoms with Gasteiger partial charge in [-0.1, -0.05) is 46.3 Å². The third-order valence-electron chi connectivity index (χ3n) is 2.95. The molecule has 0 fully saturated rings. The zero-order valence-electron chi connectivity index (χ0n) is 11.4. The number of halogens is 2. The molecule has 0 bridgehead atoms. The molecule has 0 saturated heterocycles. The van der Waals surface area contributed by atoms with Gasteiger partial charge in [0.15, 0.2) is 5.11 Å². The van der Waals surface area contributed by atoms with Crippen molar-refractivity contribution in [1.82, 2.24) is 5.32 Å². The highest BCUT2D eigenvalue weighted by Gasteiger charge is 2.04. The Morgan fingerprint density at radius 1 is 1.14 bits per heavy atom. The van der Waals surface area contributed by atoms with Gasteiger partial charge in [-0.2, -0.15) is 0 Å². The van der Waals surface area contributed by atoms with Crippen LogP contribution in [0.3, 0.4) is 0 Å². The lowest BCUT2D eigenvalue weighted by atomic mass is 10.1. The van der Waals surface area contributed by atoms with E-state index in [1.807, 2.05) is 18.2 Å².